The van der Waals surface area contributed by atoms with Gasteiger partial charge in [-0.05, 0) is 51.5 Å². The minimum absolute atomic E-state index is 0.0933. The summed E-state index contributed by atoms with van der Waals surface area (Å²) in [5, 5.41) is 9.90. The average molecular weight is 405 g/mol. The van der Waals surface area contributed by atoms with Crippen molar-refractivity contribution in [3.63, 3.8) is 0 Å². The van der Waals surface area contributed by atoms with Crippen molar-refractivity contribution in [3.05, 3.63) is 23.3 Å². The van der Waals surface area contributed by atoms with E-state index in [1.807, 2.05) is 0 Å². The van der Waals surface area contributed by atoms with Gasteiger partial charge in [-0.25, -0.2) is 4.79 Å². The molecule has 0 saturated carbocycles. The number of cyclic esters (lactones) is 1. The van der Waals surface area contributed by atoms with Crippen molar-refractivity contribution < 1.29 is 28.8 Å². The molecule has 0 aromatic heterocycles. The van der Waals surface area contributed by atoms with Crippen molar-refractivity contribution in [2.75, 3.05) is 7.11 Å². The van der Waals surface area contributed by atoms with E-state index in [0.717, 1.165) is 63.4 Å². The van der Waals surface area contributed by atoms with Crippen LogP contribution in [0.15, 0.2) is 12.1 Å². The number of unbranched alkanes of at least 4 members (excludes halogenated alkanes) is 2. The Bertz CT molecular complexity index is 743. The van der Waals surface area contributed by atoms with Crippen LogP contribution >= 0.6 is 0 Å². The van der Waals surface area contributed by atoms with Gasteiger partial charge in [0, 0.05) is 24.5 Å². The quantitative estimate of drug-likeness (QED) is 0.508. The predicted octanol–water partition coefficient (Wildman–Crippen LogP) is 5.03. The summed E-state index contributed by atoms with van der Waals surface area (Å²) < 4.78 is 23.2. The number of benzene rings is 1. The van der Waals surface area contributed by atoms with Crippen molar-refractivity contribution in [3.8, 4) is 11.5 Å². The van der Waals surface area contributed by atoms with Crippen LogP contribution in [0.2, 0.25) is 0 Å². The summed E-state index contributed by atoms with van der Waals surface area (Å²) in [4.78, 5) is 12.2. The van der Waals surface area contributed by atoms with Crippen molar-refractivity contribution in [1.29, 1.82) is 0 Å². The normalized spacial score (nSPS) is 31.1. The second kappa shape index (κ2) is 8.52. The van der Waals surface area contributed by atoms with Crippen LogP contribution in [0.1, 0.15) is 93.2 Å². The fraction of sp³-hybridized carbons (Fsp3) is 0.696. The summed E-state index contributed by atoms with van der Waals surface area (Å²) in [6.07, 6.45) is 10.6. The molecular formula is C23H32O6. The molecule has 3 heterocycles. The third-order valence-electron chi connectivity index (χ3n) is 6.44. The lowest BCUT2D eigenvalue weighted by Gasteiger charge is -2.38. The number of methoxy groups -OCH3 is 1. The van der Waals surface area contributed by atoms with Gasteiger partial charge in [0.1, 0.15) is 23.2 Å². The van der Waals surface area contributed by atoms with Crippen LogP contribution in [-0.2, 0) is 14.2 Å². The summed E-state index contributed by atoms with van der Waals surface area (Å²) in [5.74, 6) is -0.214. The molecule has 160 valence electrons. The van der Waals surface area contributed by atoms with E-state index in [1.165, 1.54) is 19.6 Å². The molecule has 2 saturated heterocycles. The summed E-state index contributed by atoms with van der Waals surface area (Å²) in [6, 6.07) is 3.07. The number of hydrogen-bond donors (Lipinski definition) is 1. The molecule has 2 fully saturated rings. The number of esters is 1. The predicted molar refractivity (Wildman–Crippen MR) is 107 cm³/mol. The van der Waals surface area contributed by atoms with Gasteiger partial charge in [-0.15, -0.1) is 0 Å². The fourth-order valence-electron chi connectivity index (χ4n) is 5.00. The Hall–Kier alpha value is -1.79. The highest BCUT2D eigenvalue weighted by atomic mass is 16.7. The number of fused-ring (bicyclic) bond motifs is 1. The van der Waals surface area contributed by atoms with E-state index in [4.69, 9.17) is 18.9 Å². The number of carbonyl (C=O) groups excluding carboxylic acids is 1. The zero-order valence-electron chi connectivity index (χ0n) is 17.4. The Kier molecular flexibility index (Phi) is 6.02. The minimum Gasteiger partial charge on any atom is -0.508 e. The number of phenolic OH excluding ortho intramolecular Hbond substituents is 1. The molecule has 1 spiro atoms. The minimum atomic E-state index is -0.367. The first kappa shape index (κ1) is 20.5. The Morgan fingerprint density at radius 1 is 1.14 bits per heavy atom. The lowest BCUT2D eigenvalue weighted by molar-refractivity contribution is -0.269. The first-order valence-electron chi connectivity index (χ1n) is 11.0. The highest BCUT2D eigenvalue weighted by Crippen LogP contribution is 2.43. The van der Waals surface area contributed by atoms with E-state index in [1.54, 1.807) is 6.07 Å². The zero-order valence-corrected chi connectivity index (χ0v) is 17.4. The molecule has 29 heavy (non-hydrogen) atoms. The van der Waals surface area contributed by atoms with Gasteiger partial charge in [0.15, 0.2) is 5.79 Å². The molecule has 3 aliphatic rings. The highest BCUT2D eigenvalue weighted by Gasteiger charge is 2.43. The molecule has 4 atom stereocenters. The van der Waals surface area contributed by atoms with Gasteiger partial charge in [-0.1, -0.05) is 12.8 Å². The topological polar surface area (TPSA) is 74.2 Å². The Balaban J connectivity index is 1.23. The van der Waals surface area contributed by atoms with E-state index in [2.05, 4.69) is 6.92 Å². The third kappa shape index (κ3) is 4.38. The third-order valence-corrected chi connectivity index (χ3v) is 6.44. The van der Waals surface area contributed by atoms with Gasteiger partial charge in [-0.2, -0.15) is 0 Å². The number of ether oxygens (including phenoxy) is 4. The maximum atomic E-state index is 12.2. The van der Waals surface area contributed by atoms with E-state index < -0.39 is 0 Å². The molecule has 0 aliphatic carbocycles. The molecule has 0 bridgehead atoms. The van der Waals surface area contributed by atoms with Gasteiger partial charge in [-0.3, -0.25) is 0 Å². The van der Waals surface area contributed by atoms with Crippen molar-refractivity contribution in [2.45, 2.75) is 95.2 Å². The maximum absolute atomic E-state index is 12.2. The van der Waals surface area contributed by atoms with Gasteiger partial charge in [0.05, 0.1) is 19.3 Å². The molecule has 6 nitrogen and oxygen atoms in total. The molecule has 0 radical (unpaired) electrons. The number of phenols is 1. The molecule has 1 aromatic rings. The van der Waals surface area contributed by atoms with Crippen LogP contribution in [0.25, 0.3) is 0 Å². The number of hydrogen-bond acceptors (Lipinski definition) is 6. The highest BCUT2D eigenvalue weighted by molar-refractivity contribution is 5.97. The molecule has 3 aliphatic heterocycles. The monoisotopic (exact) mass is 404 g/mol. The van der Waals surface area contributed by atoms with Crippen molar-refractivity contribution in [1.82, 2.24) is 0 Å². The number of rotatable bonds is 7. The van der Waals surface area contributed by atoms with Crippen LogP contribution in [0.3, 0.4) is 0 Å². The Morgan fingerprint density at radius 3 is 2.72 bits per heavy atom. The van der Waals surface area contributed by atoms with Gasteiger partial charge in [0.25, 0.3) is 0 Å². The van der Waals surface area contributed by atoms with Gasteiger partial charge < -0.3 is 24.1 Å². The largest absolute Gasteiger partial charge is 0.508 e. The lowest BCUT2D eigenvalue weighted by Crippen LogP contribution is -2.40. The van der Waals surface area contributed by atoms with E-state index in [0.29, 0.717) is 23.5 Å². The van der Waals surface area contributed by atoms with Crippen LogP contribution in [0.5, 0.6) is 11.5 Å². The Morgan fingerprint density at radius 2 is 1.97 bits per heavy atom. The van der Waals surface area contributed by atoms with Gasteiger partial charge in [0.2, 0.25) is 0 Å². The molecule has 4 rings (SSSR count). The molecule has 1 unspecified atom stereocenters. The van der Waals surface area contributed by atoms with Gasteiger partial charge >= 0.3 is 5.97 Å². The summed E-state index contributed by atoms with van der Waals surface area (Å²) in [6.45, 7) is 2.13. The smallest absolute Gasteiger partial charge is 0.342 e. The molecular weight excluding hydrogens is 372 g/mol. The van der Waals surface area contributed by atoms with Crippen molar-refractivity contribution in [2.24, 2.45) is 0 Å². The zero-order chi connectivity index (χ0) is 20.4. The molecule has 0 amide bonds. The van der Waals surface area contributed by atoms with Crippen molar-refractivity contribution >= 4 is 5.97 Å². The molecule has 6 heteroatoms. The van der Waals surface area contributed by atoms with Crippen LogP contribution in [-0.4, -0.2) is 36.2 Å². The van der Waals surface area contributed by atoms with E-state index >= 15 is 0 Å². The number of aromatic hydroxyl groups is 1. The molecule has 1 N–H and O–H groups in total. The SMILES string of the molecule is COc1cc(O)cc2c1C(=O)O[C@@H]2CCCCC[C@H]1CCC[C@]2(CCC(C)O2)O1. The second-order valence-corrected chi connectivity index (χ2v) is 8.65. The average Bonchev–Trinajstić information content (AvgIpc) is 3.20. The van der Waals surface area contributed by atoms with Crippen LogP contribution in [0.4, 0.5) is 0 Å². The molecule has 1 aromatic carbocycles. The fourth-order valence-corrected chi connectivity index (χ4v) is 5.00. The summed E-state index contributed by atoms with van der Waals surface area (Å²) in [5.41, 5.74) is 1.18. The first-order valence-corrected chi connectivity index (χ1v) is 11.0. The lowest BCUT2D eigenvalue weighted by atomic mass is 9.95. The van der Waals surface area contributed by atoms with E-state index in [9.17, 15) is 9.90 Å². The second-order valence-electron chi connectivity index (χ2n) is 8.65. The number of carbonyl (C=O) groups is 1. The maximum Gasteiger partial charge on any atom is 0.342 e. The Labute approximate surface area is 172 Å². The first-order chi connectivity index (χ1) is 14.0. The standard InChI is InChI=1S/C23H32O6/c1-15-10-12-23(28-15)11-6-8-17(29-23)7-4-3-5-9-19-18-13-16(24)14-20(26-2)21(18)22(25)27-19/h13-15,17,19,24H,3-12H2,1-2H3/t15?,17-,19+,23+/m0/s1. The van der Waals surface area contributed by atoms with E-state index in [-0.39, 0.29) is 23.6 Å². The summed E-state index contributed by atoms with van der Waals surface area (Å²) >= 11 is 0. The van der Waals surface area contributed by atoms with Crippen LogP contribution < -0.4 is 4.74 Å². The van der Waals surface area contributed by atoms with Crippen LogP contribution in [0, 0.1) is 0 Å². The summed E-state index contributed by atoms with van der Waals surface area (Å²) in [7, 11) is 1.49.